The van der Waals surface area contributed by atoms with Gasteiger partial charge in [0.15, 0.2) is 0 Å². The molecule has 3 N–H and O–H groups in total. The molecule has 1 amide bonds. The summed E-state index contributed by atoms with van der Waals surface area (Å²) in [4.78, 5) is 22.2. The maximum absolute atomic E-state index is 11.3. The standard InChI is InChI=1S/C12H24N2O4/c1-8(2)9(10(15)16)13-6-7-14-11(17)18-12(3,4)5/h8-9,13H,6-7H2,1-5H3,(H,14,17)(H,15,16)/t9-/m0/s1. The molecule has 0 aromatic heterocycles. The lowest BCUT2D eigenvalue weighted by Crippen LogP contribution is -2.44. The predicted octanol–water partition coefficient (Wildman–Crippen LogP) is 1.21. The molecule has 0 aliphatic carbocycles. The highest BCUT2D eigenvalue weighted by molar-refractivity contribution is 5.73. The molecular weight excluding hydrogens is 236 g/mol. The second-order valence-electron chi connectivity index (χ2n) is 5.44. The highest BCUT2D eigenvalue weighted by Gasteiger charge is 2.20. The molecule has 18 heavy (non-hydrogen) atoms. The van der Waals surface area contributed by atoms with Crippen LogP contribution in [0, 0.1) is 5.92 Å². The Balaban J connectivity index is 3.85. The first-order valence-electron chi connectivity index (χ1n) is 6.06. The van der Waals surface area contributed by atoms with Crippen molar-refractivity contribution in [1.82, 2.24) is 10.6 Å². The van der Waals surface area contributed by atoms with Gasteiger partial charge in [-0.05, 0) is 26.7 Å². The molecule has 1 atom stereocenters. The zero-order chi connectivity index (χ0) is 14.3. The van der Waals surface area contributed by atoms with Crippen LogP contribution >= 0.6 is 0 Å². The first kappa shape index (κ1) is 16.7. The number of carboxylic acid groups (broad SMARTS) is 1. The summed E-state index contributed by atoms with van der Waals surface area (Å²) in [7, 11) is 0. The minimum absolute atomic E-state index is 0.0102. The largest absolute Gasteiger partial charge is 0.480 e. The fourth-order valence-electron chi connectivity index (χ4n) is 1.31. The molecule has 0 aliphatic heterocycles. The van der Waals surface area contributed by atoms with Gasteiger partial charge in [-0.3, -0.25) is 4.79 Å². The summed E-state index contributed by atoms with van der Waals surface area (Å²) in [6, 6.07) is -0.606. The zero-order valence-electron chi connectivity index (χ0n) is 11.7. The van der Waals surface area contributed by atoms with E-state index in [4.69, 9.17) is 9.84 Å². The van der Waals surface area contributed by atoms with E-state index in [0.717, 1.165) is 0 Å². The van der Waals surface area contributed by atoms with Crippen molar-refractivity contribution in [3.05, 3.63) is 0 Å². The summed E-state index contributed by atoms with van der Waals surface area (Å²) in [5.74, 6) is -0.897. The summed E-state index contributed by atoms with van der Waals surface area (Å²) in [5, 5.41) is 14.4. The molecule has 0 aromatic carbocycles. The highest BCUT2D eigenvalue weighted by Crippen LogP contribution is 2.06. The van der Waals surface area contributed by atoms with E-state index in [9.17, 15) is 9.59 Å². The van der Waals surface area contributed by atoms with Crippen molar-refractivity contribution in [2.24, 2.45) is 5.92 Å². The molecule has 0 heterocycles. The van der Waals surface area contributed by atoms with Gasteiger partial charge in [0, 0.05) is 13.1 Å². The van der Waals surface area contributed by atoms with Gasteiger partial charge in [-0.2, -0.15) is 0 Å². The average Bonchev–Trinajstić information content (AvgIpc) is 2.12. The van der Waals surface area contributed by atoms with Crippen LogP contribution in [0.2, 0.25) is 0 Å². The molecule has 0 spiro atoms. The van der Waals surface area contributed by atoms with Crippen molar-refractivity contribution < 1.29 is 19.4 Å². The smallest absolute Gasteiger partial charge is 0.407 e. The lowest BCUT2D eigenvalue weighted by Gasteiger charge is -2.20. The third-order valence-corrected chi connectivity index (χ3v) is 2.09. The first-order valence-corrected chi connectivity index (χ1v) is 6.06. The average molecular weight is 260 g/mol. The summed E-state index contributed by atoms with van der Waals surface area (Å²) in [6.07, 6.45) is -0.499. The van der Waals surface area contributed by atoms with Crippen LogP contribution in [-0.2, 0) is 9.53 Å². The lowest BCUT2D eigenvalue weighted by molar-refractivity contribution is -0.140. The maximum atomic E-state index is 11.3. The Morgan fingerprint density at radius 2 is 1.78 bits per heavy atom. The monoisotopic (exact) mass is 260 g/mol. The Hall–Kier alpha value is -1.30. The van der Waals surface area contributed by atoms with Crippen LogP contribution in [0.15, 0.2) is 0 Å². The Bertz CT molecular complexity index is 284. The van der Waals surface area contributed by atoms with E-state index in [-0.39, 0.29) is 5.92 Å². The van der Waals surface area contributed by atoms with Crippen molar-refractivity contribution in [3.63, 3.8) is 0 Å². The molecule has 0 aliphatic rings. The van der Waals surface area contributed by atoms with Gasteiger partial charge in [0.05, 0.1) is 0 Å². The van der Waals surface area contributed by atoms with E-state index in [0.29, 0.717) is 13.1 Å². The van der Waals surface area contributed by atoms with Gasteiger partial charge in [0.25, 0.3) is 0 Å². The Morgan fingerprint density at radius 3 is 2.17 bits per heavy atom. The molecular formula is C12H24N2O4. The molecule has 6 nitrogen and oxygen atoms in total. The van der Waals surface area contributed by atoms with Gasteiger partial charge < -0.3 is 20.5 Å². The fraction of sp³-hybridized carbons (Fsp3) is 0.833. The summed E-state index contributed by atoms with van der Waals surface area (Å²) in [6.45, 7) is 9.71. The quantitative estimate of drug-likeness (QED) is 0.625. The number of carbonyl (C=O) groups is 2. The number of alkyl carbamates (subject to hydrolysis) is 1. The number of aliphatic carboxylic acids is 1. The molecule has 0 saturated carbocycles. The number of amides is 1. The molecule has 0 fully saturated rings. The van der Waals surface area contributed by atoms with E-state index in [1.54, 1.807) is 20.8 Å². The van der Waals surface area contributed by atoms with Crippen LogP contribution in [0.1, 0.15) is 34.6 Å². The van der Waals surface area contributed by atoms with E-state index in [2.05, 4.69) is 10.6 Å². The molecule has 6 heteroatoms. The van der Waals surface area contributed by atoms with Crippen molar-refractivity contribution in [1.29, 1.82) is 0 Å². The van der Waals surface area contributed by atoms with Crippen LogP contribution in [0.25, 0.3) is 0 Å². The SMILES string of the molecule is CC(C)[C@H](NCCNC(=O)OC(C)(C)C)C(=O)O. The molecule has 0 saturated heterocycles. The number of nitrogens with one attached hydrogen (secondary N) is 2. The Labute approximate surface area is 108 Å². The van der Waals surface area contributed by atoms with Crippen molar-refractivity contribution in [2.45, 2.75) is 46.3 Å². The van der Waals surface area contributed by atoms with Crippen LogP contribution in [0.3, 0.4) is 0 Å². The zero-order valence-corrected chi connectivity index (χ0v) is 11.7. The van der Waals surface area contributed by atoms with Gasteiger partial charge in [-0.1, -0.05) is 13.8 Å². The molecule has 0 aromatic rings. The van der Waals surface area contributed by atoms with Gasteiger partial charge in [-0.15, -0.1) is 0 Å². The molecule has 0 radical (unpaired) electrons. The lowest BCUT2D eigenvalue weighted by atomic mass is 10.1. The first-order chi connectivity index (χ1) is 8.13. The van der Waals surface area contributed by atoms with E-state index < -0.39 is 23.7 Å². The van der Waals surface area contributed by atoms with Crippen molar-refractivity contribution >= 4 is 12.1 Å². The van der Waals surface area contributed by atoms with E-state index >= 15 is 0 Å². The predicted molar refractivity (Wildman–Crippen MR) is 68.5 cm³/mol. The molecule has 0 rings (SSSR count). The number of carboxylic acids is 1. The summed E-state index contributed by atoms with van der Waals surface area (Å²) < 4.78 is 5.05. The topological polar surface area (TPSA) is 87.7 Å². The van der Waals surface area contributed by atoms with E-state index in [1.165, 1.54) is 0 Å². The maximum Gasteiger partial charge on any atom is 0.407 e. The fourth-order valence-corrected chi connectivity index (χ4v) is 1.31. The number of hydrogen-bond acceptors (Lipinski definition) is 4. The van der Waals surface area contributed by atoms with Crippen LogP contribution < -0.4 is 10.6 Å². The third-order valence-electron chi connectivity index (χ3n) is 2.09. The summed E-state index contributed by atoms with van der Waals surface area (Å²) in [5.41, 5.74) is -0.529. The van der Waals surface area contributed by atoms with Crippen LogP contribution in [-0.4, -0.2) is 41.9 Å². The number of carbonyl (C=O) groups excluding carboxylic acids is 1. The molecule has 106 valence electrons. The molecule has 0 bridgehead atoms. The van der Waals surface area contributed by atoms with Gasteiger partial charge in [0.1, 0.15) is 11.6 Å². The normalized spacial score (nSPS) is 13.2. The minimum atomic E-state index is -0.887. The Kier molecular flexibility index (Phi) is 6.68. The highest BCUT2D eigenvalue weighted by atomic mass is 16.6. The number of hydrogen-bond donors (Lipinski definition) is 3. The molecule has 0 unspecified atom stereocenters. The van der Waals surface area contributed by atoms with Crippen LogP contribution in [0.5, 0.6) is 0 Å². The second kappa shape index (κ2) is 7.20. The minimum Gasteiger partial charge on any atom is -0.480 e. The summed E-state index contributed by atoms with van der Waals surface area (Å²) >= 11 is 0. The second-order valence-corrected chi connectivity index (χ2v) is 5.44. The van der Waals surface area contributed by atoms with Gasteiger partial charge >= 0.3 is 12.1 Å². The third kappa shape index (κ3) is 7.89. The van der Waals surface area contributed by atoms with Crippen molar-refractivity contribution in [2.75, 3.05) is 13.1 Å². The number of rotatable bonds is 6. The Morgan fingerprint density at radius 1 is 1.22 bits per heavy atom. The van der Waals surface area contributed by atoms with Gasteiger partial charge in [-0.25, -0.2) is 4.79 Å². The van der Waals surface area contributed by atoms with Crippen molar-refractivity contribution in [3.8, 4) is 0 Å². The van der Waals surface area contributed by atoms with E-state index in [1.807, 2.05) is 13.8 Å². The number of ether oxygens (including phenoxy) is 1. The van der Waals surface area contributed by atoms with Gasteiger partial charge in [0.2, 0.25) is 0 Å². The van der Waals surface area contributed by atoms with Crippen LogP contribution in [0.4, 0.5) is 4.79 Å².